The topological polar surface area (TPSA) is 98.7 Å². The smallest absolute Gasteiger partial charge is 0.268 e. The first-order valence-electron chi connectivity index (χ1n) is 9.07. The molecule has 162 valence electrons. The van der Waals surface area contributed by atoms with Gasteiger partial charge in [0.05, 0.1) is 6.54 Å². The van der Waals surface area contributed by atoms with Crippen molar-refractivity contribution in [3.63, 3.8) is 0 Å². The van der Waals surface area contributed by atoms with Crippen LogP contribution in [0.25, 0.3) is 0 Å². The Kier molecular flexibility index (Phi) is 9.32. The van der Waals surface area contributed by atoms with Gasteiger partial charge in [0.2, 0.25) is 0 Å². The maximum atomic E-state index is 12.8. The van der Waals surface area contributed by atoms with Crippen LogP contribution in [-0.4, -0.2) is 49.3 Å². The van der Waals surface area contributed by atoms with Crippen molar-refractivity contribution in [1.82, 2.24) is 15.2 Å². The van der Waals surface area contributed by atoms with Crippen LogP contribution in [0.15, 0.2) is 41.2 Å². The van der Waals surface area contributed by atoms with Crippen LogP contribution in [0.1, 0.15) is 26.4 Å². The lowest BCUT2D eigenvalue weighted by molar-refractivity contribution is -0.0974. The summed E-state index contributed by atoms with van der Waals surface area (Å²) in [5, 5.41) is 5.90. The maximum absolute atomic E-state index is 12.8. The van der Waals surface area contributed by atoms with Crippen LogP contribution < -0.4 is 16.2 Å². The first-order valence-corrected chi connectivity index (χ1v) is 9.98. The summed E-state index contributed by atoms with van der Waals surface area (Å²) in [7, 11) is 2.89. The second-order valence-electron chi connectivity index (χ2n) is 6.20. The Labute approximate surface area is 184 Å². The molecule has 2 rings (SSSR count). The average Bonchev–Trinajstić information content (AvgIpc) is 2.75. The molecule has 30 heavy (non-hydrogen) atoms. The minimum Gasteiger partial charge on any atom is -0.354 e. The van der Waals surface area contributed by atoms with Crippen LogP contribution in [0, 0.1) is 0 Å². The highest BCUT2D eigenvalue weighted by molar-refractivity contribution is 6.30. The van der Waals surface area contributed by atoms with Gasteiger partial charge >= 0.3 is 0 Å². The third-order valence-corrected chi connectivity index (χ3v) is 4.70. The van der Waals surface area contributed by atoms with Crippen LogP contribution in [0.2, 0.25) is 5.02 Å². The van der Waals surface area contributed by atoms with Gasteiger partial charge in [-0.05, 0) is 29.8 Å². The predicted octanol–water partition coefficient (Wildman–Crippen LogP) is 2.02. The molecule has 0 bridgehead atoms. The molecule has 2 amide bonds. The van der Waals surface area contributed by atoms with Crippen molar-refractivity contribution in [2.24, 2.45) is 0 Å². The summed E-state index contributed by atoms with van der Waals surface area (Å²) in [6.45, 7) is 0.381. The molecule has 1 heterocycles. The number of rotatable bonds is 10. The van der Waals surface area contributed by atoms with E-state index in [2.05, 4.69) is 10.6 Å². The fourth-order valence-electron chi connectivity index (χ4n) is 2.67. The fourth-order valence-corrected chi connectivity index (χ4v) is 2.96. The number of ether oxygens (including phenoxy) is 2. The van der Waals surface area contributed by atoms with Gasteiger partial charge in [-0.1, -0.05) is 23.7 Å². The molecule has 1 aromatic carbocycles. The Morgan fingerprint density at radius 1 is 1.03 bits per heavy atom. The van der Waals surface area contributed by atoms with Crippen LogP contribution in [0.4, 0.5) is 0 Å². The molecule has 0 saturated carbocycles. The molecule has 2 N–H and O–H groups in total. The Bertz CT molecular complexity index is 927. The summed E-state index contributed by atoms with van der Waals surface area (Å²) in [6.07, 6.45) is -0.625. The second-order valence-corrected chi connectivity index (χ2v) is 7.01. The highest BCUT2D eigenvalue weighted by Crippen LogP contribution is 2.09. The van der Waals surface area contributed by atoms with E-state index in [1.165, 1.54) is 30.9 Å². The molecule has 0 unspecified atom stereocenters. The largest absolute Gasteiger partial charge is 0.354 e. The van der Waals surface area contributed by atoms with Gasteiger partial charge in [0.25, 0.3) is 17.4 Å². The molecule has 8 nitrogen and oxygen atoms in total. The minimum absolute atomic E-state index is 0.0689. The van der Waals surface area contributed by atoms with Crippen molar-refractivity contribution < 1.29 is 19.1 Å². The second kappa shape index (κ2) is 11.7. The number of benzene rings is 1. The van der Waals surface area contributed by atoms with Gasteiger partial charge < -0.3 is 24.7 Å². The molecular weight excluding hydrogens is 433 g/mol. The van der Waals surface area contributed by atoms with E-state index in [-0.39, 0.29) is 36.8 Å². The van der Waals surface area contributed by atoms with Gasteiger partial charge in [-0.15, -0.1) is 11.6 Å². The van der Waals surface area contributed by atoms with Crippen LogP contribution >= 0.6 is 23.2 Å². The minimum atomic E-state index is -0.625. The van der Waals surface area contributed by atoms with Gasteiger partial charge in [0.15, 0.2) is 6.29 Å². The Morgan fingerprint density at radius 3 is 2.30 bits per heavy atom. The van der Waals surface area contributed by atoms with Gasteiger partial charge in [-0.2, -0.15) is 0 Å². The molecule has 0 aliphatic heterocycles. The van der Waals surface area contributed by atoms with Crippen molar-refractivity contribution in [3.05, 3.63) is 68.6 Å². The Balaban J connectivity index is 2.18. The lowest BCUT2D eigenvalue weighted by atomic mass is 10.2. The number of carbonyl (C=O) groups excluding carboxylic acids is 2. The monoisotopic (exact) mass is 455 g/mol. The molecule has 0 aliphatic carbocycles. The predicted molar refractivity (Wildman–Crippen MR) is 114 cm³/mol. The molecular formula is C20H23Cl2N3O5. The SMILES string of the molecule is COC(CNC(=O)c1ccc(C(=O)NCc2ccc(Cl)cc2)c(=O)n1CCCl)OC. The van der Waals surface area contributed by atoms with E-state index in [0.717, 1.165) is 5.56 Å². The average molecular weight is 456 g/mol. The zero-order valence-electron chi connectivity index (χ0n) is 16.6. The number of halogens is 2. The summed E-state index contributed by atoms with van der Waals surface area (Å²) >= 11 is 11.6. The first kappa shape index (κ1) is 23.9. The number of alkyl halides is 1. The number of aromatic nitrogens is 1. The molecule has 2 aromatic rings. The summed E-state index contributed by atoms with van der Waals surface area (Å²) < 4.78 is 11.2. The third kappa shape index (κ3) is 6.30. The van der Waals surface area contributed by atoms with E-state index in [9.17, 15) is 14.4 Å². The number of nitrogens with zero attached hydrogens (tertiary/aromatic N) is 1. The third-order valence-electron chi connectivity index (χ3n) is 4.28. The summed E-state index contributed by atoms with van der Waals surface area (Å²) in [6, 6.07) is 9.70. The molecule has 0 fully saturated rings. The zero-order chi connectivity index (χ0) is 22.1. The highest BCUT2D eigenvalue weighted by Gasteiger charge is 2.19. The molecule has 0 aliphatic rings. The van der Waals surface area contributed by atoms with Crippen molar-refractivity contribution >= 4 is 35.0 Å². The van der Waals surface area contributed by atoms with Crippen LogP contribution in [0.3, 0.4) is 0 Å². The van der Waals surface area contributed by atoms with Gasteiger partial charge in [0.1, 0.15) is 11.3 Å². The fraction of sp³-hybridized carbons (Fsp3) is 0.350. The Morgan fingerprint density at radius 2 is 1.70 bits per heavy atom. The molecule has 0 spiro atoms. The molecule has 10 heteroatoms. The molecule has 0 radical (unpaired) electrons. The van der Waals surface area contributed by atoms with Crippen molar-refractivity contribution in [2.45, 2.75) is 19.4 Å². The van der Waals surface area contributed by atoms with Gasteiger partial charge in [0, 0.05) is 38.2 Å². The van der Waals surface area contributed by atoms with Gasteiger partial charge in [-0.3, -0.25) is 14.4 Å². The summed E-state index contributed by atoms with van der Waals surface area (Å²) in [5.41, 5.74) is 0.223. The first-order chi connectivity index (χ1) is 14.4. The van der Waals surface area contributed by atoms with Crippen molar-refractivity contribution in [1.29, 1.82) is 0 Å². The normalized spacial score (nSPS) is 10.8. The van der Waals surface area contributed by atoms with Crippen molar-refractivity contribution in [2.75, 3.05) is 26.6 Å². The molecule has 0 saturated heterocycles. The van der Waals surface area contributed by atoms with E-state index in [1.807, 2.05) is 0 Å². The summed E-state index contributed by atoms with van der Waals surface area (Å²) in [4.78, 5) is 37.9. The number of hydrogen-bond acceptors (Lipinski definition) is 5. The Hall–Kier alpha value is -2.39. The lowest BCUT2D eigenvalue weighted by Gasteiger charge is -2.16. The lowest BCUT2D eigenvalue weighted by Crippen LogP contribution is -2.39. The van der Waals surface area contributed by atoms with E-state index in [0.29, 0.717) is 5.02 Å². The van der Waals surface area contributed by atoms with E-state index in [1.54, 1.807) is 24.3 Å². The quantitative estimate of drug-likeness (QED) is 0.421. The van der Waals surface area contributed by atoms with Crippen LogP contribution in [0.5, 0.6) is 0 Å². The number of carbonyl (C=O) groups is 2. The van der Waals surface area contributed by atoms with E-state index < -0.39 is 23.7 Å². The number of nitrogens with one attached hydrogen (secondary N) is 2. The molecule has 0 atom stereocenters. The maximum Gasteiger partial charge on any atom is 0.268 e. The van der Waals surface area contributed by atoms with Gasteiger partial charge in [-0.25, -0.2) is 0 Å². The molecule has 1 aromatic heterocycles. The van der Waals surface area contributed by atoms with Crippen LogP contribution in [-0.2, 0) is 22.6 Å². The number of methoxy groups -OCH3 is 2. The number of hydrogen-bond donors (Lipinski definition) is 2. The van der Waals surface area contributed by atoms with E-state index in [4.69, 9.17) is 32.7 Å². The van der Waals surface area contributed by atoms with E-state index >= 15 is 0 Å². The standard InChI is InChI=1S/C20H23Cl2N3O5/c1-29-17(30-2)12-24-19(27)16-8-7-15(20(28)25(16)10-9-21)18(26)23-11-13-3-5-14(22)6-4-13/h3-8,17H,9-12H2,1-2H3,(H,23,26)(H,24,27). The number of amides is 2. The highest BCUT2D eigenvalue weighted by atomic mass is 35.5. The number of pyridine rings is 1. The summed E-state index contributed by atoms with van der Waals surface area (Å²) in [5.74, 6) is -0.970. The zero-order valence-corrected chi connectivity index (χ0v) is 18.1. The van der Waals surface area contributed by atoms with Crippen molar-refractivity contribution in [3.8, 4) is 0 Å².